The zero-order valence-electron chi connectivity index (χ0n) is 12.6. The van der Waals surface area contributed by atoms with Crippen LogP contribution in [0.25, 0.3) is 0 Å². The molecular formula is C16H26N2O. The molecule has 106 valence electrons. The molecule has 2 N–H and O–H groups in total. The third kappa shape index (κ3) is 4.35. The Bertz CT molecular complexity index is 425. The average Bonchev–Trinajstić information content (AvgIpc) is 2.41. The Morgan fingerprint density at radius 1 is 1.32 bits per heavy atom. The number of hydrogen-bond acceptors (Lipinski definition) is 2. The van der Waals surface area contributed by atoms with Gasteiger partial charge in [-0.15, -0.1) is 0 Å². The minimum atomic E-state index is -0.0373. The van der Waals surface area contributed by atoms with Crippen LogP contribution in [0.3, 0.4) is 0 Å². The third-order valence-electron chi connectivity index (χ3n) is 3.81. The van der Waals surface area contributed by atoms with Gasteiger partial charge < -0.3 is 10.6 Å². The maximum absolute atomic E-state index is 12.1. The summed E-state index contributed by atoms with van der Waals surface area (Å²) in [6.07, 6.45) is 1.70. The van der Waals surface area contributed by atoms with Crippen molar-refractivity contribution in [1.29, 1.82) is 0 Å². The van der Waals surface area contributed by atoms with Gasteiger partial charge in [-0.1, -0.05) is 25.1 Å². The van der Waals surface area contributed by atoms with Crippen molar-refractivity contribution in [2.75, 3.05) is 20.1 Å². The van der Waals surface area contributed by atoms with Gasteiger partial charge in [0.05, 0.1) is 5.92 Å². The summed E-state index contributed by atoms with van der Waals surface area (Å²) in [5.41, 5.74) is 9.51. The minimum absolute atomic E-state index is 0.0373. The highest BCUT2D eigenvalue weighted by Crippen LogP contribution is 2.11. The number of carbonyl (C=O) groups excluding carboxylic acids is 1. The van der Waals surface area contributed by atoms with Crippen molar-refractivity contribution in [3.8, 4) is 0 Å². The highest BCUT2D eigenvalue weighted by Gasteiger charge is 2.18. The van der Waals surface area contributed by atoms with Crippen LogP contribution in [0.4, 0.5) is 0 Å². The summed E-state index contributed by atoms with van der Waals surface area (Å²) in [5, 5.41) is 0. The van der Waals surface area contributed by atoms with E-state index in [0.29, 0.717) is 6.54 Å². The first-order valence-electron chi connectivity index (χ1n) is 7.00. The molecule has 0 aliphatic heterocycles. The van der Waals surface area contributed by atoms with E-state index in [1.807, 2.05) is 14.0 Å². The highest BCUT2D eigenvalue weighted by atomic mass is 16.2. The Hall–Kier alpha value is -1.35. The van der Waals surface area contributed by atoms with Crippen LogP contribution in [0.15, 0.2) is 18.2 Å². The van der Waals surface area contributed by atoms with Crippen LogP contribution in [0, 0.1) is 19.8 Å². The monoisotopic (exact) mass is 262 g/mol. The van der Waals surface area contributed by atoms with E-state index in [1.54, 1.807) is 4.90 Å². The number of hydrogen-bond donors (Lipinski definition) is 1. The highest BCUT2D eigenvalue weighted by molar-refractivity contribution is 5.78. The predicted molar refractivity (Wildman–Crippen MR) is 80.1 cm³/mol. The fraction of sp³-hybridized carbons (Fsp3) is 0.562. The van der Waals surface area contributed by atoms with Crippen molar-refractivity contribution in [2.24, 2.45) is 11.7 Å². The van der Waals surface area contributed by atoms with E-state index in [0.717, 1.165) is 19.4 Å². The molecule has 0 saturated carbocycles. The van der Waals surface area contributed by atoms with Gasteiger partial charge in [-0.25, -0.2) is 0 Å². The lowest BCUT2D eigenvalue weighted by molar-refractivity contribution is -0.133. The van der Waals surface area contributed by atoms with E-state index in [4.69, 9.17) is 5.73 Å². The molecule has 3 heteroatoms. The lowest BCUT2D eigenvalue weighted by Crippen LogP contribution is -2.37. The SMILES string of the molecule is CCC(CN)C(=O)N(C)CCc1ccc(C)c(C)c1. The van der Waals surface area contributed by atoms with Crippen LogP contribution in [0.1, 0.15) is 30.0 Å². The zero-order chi connectivity index (χ0) is 14.4. The molecule has 0 spiro atoms. The van der Waals surface area contributed by atoms with Crippen molar-refractivity contribution < 1.29 is 4.79 Å². The maximum atomic E-state index is 12.1. The van der Waals surface area contributed by atoms with Gasteiger partial charge in [-0.2, -0.15) is 0 Å². The van der Waals surface area contributed by atoms with Crippen molar-refractivity contribution in [3.63, 3.8) is 0 Å². The van der Waals surface area contributed by atoms with Crippen LogP contribution in [0.5, 0.6) is 0 Å². The largest absolute Gasteiger partial charge is 0.345 e. The molecule has 19 heavy (non-hydrogen) atoms. The van der Waals surface area contributed by atoms with Crippen LogP contribution < -0.4 is 5.73 Å². The minimum Gasteiger partial charge on any atom is -0.345 e. The Labute approximate surface area is 116 Å². The number of amides is 1. The molecular weight excluding hydrogens is 236 g/mol. The number of likely N-dealkylation sites (N-methyl/N-ethyl adjacent to an activating group) is 1. The topological polar surface area (TPSA) is 46.3 Å². The van der Waals surface area contributed by atoms with Gasteiger partial charge in [0.15, 0.2) is 0 Å². The van der Waals surface area contributed by atoms with E-state index in [1.165, 1.54) is 16.7 Å². The van der Waals surface area contributed by atoms with E-state index in [2.05, 4.69) is 32.0 Å². The molecule has 0 radical (unpaired) electrons. The summed E-state index contributed by atoms with van der Waals surface area (Å²) >= 11 is 0. The standard InChI is InChI=1S/C16H26N2O/c1-5-15(11-17)16(19)18(4)9-8-14-7-6-12(2)13(3)10-14/h6-7,10,15H,5,8-9,11,17H2,1-4H3. The first kappa shape index (κ1) is 15.7. The molecule has 0 fully saturated rings. The third-order valence-corrected chi connectivity index (χ3v) is 3.81. The smallest absolute Gasteiger partial charge is 0.226 e. The molecule has 3 nitrogen and oxygen atoms in total. The lowest BCUT2D eigenvalue weighted by atomic mass is 10.0. The van der Waals surface area contributed by atoms with Crippen molar-refractivity contribution in [3.05, 3.63) is 34.9 Å². The van der Waals surface area contributed by atoms with E-state index in [-0.39, 0.29) is 11.8 Å². The van der Waals surface area contributed by atoms with Crippen LogP contribution in [-0.4, -0.2) is 30.9 Å². The van der Waals surface area contributed by atoms with E-state index in [9.17, 15) is 4.79 Å². The molecule has 0 saturated heterocycles. The van der Waals surface area contributed by atoms with Crippen molar-refractivity contribution in [2.45, 2.75) is 33.6 Å². The number of rotatable bonds is 6. The summed E-state index contributed by atoms with van der Waals surface area (Å²) in [5.74, 6) is 0.124. The van der Waals surface area contributed by atoms with Gasteiger partial charge in [-0.05, 0) is 43.4 Å². The van der Waals surface area contributed by atoms with E-state index < -0.39 is 0 Å². The van der Waals surface area contributed by atoms with Gasteiger partial charge in [0.1, 0.15) is 0 Å². The van der Waals surface area contributed by atoms with Crippen LogP contribution in [0.2, 0.25) is 0 Å². The second-order valence-corrected chi connectivity index (χ2v) is 5.27. The molecule has 0 aromatic heterocycles. The van der Waals surface area contributed by atoms with Gasteiger partial charge >= 0.3 is 0 Å². The quantitative estimate of drug-likeness (QED) is 0.855. The summed E-state index contributed by atoms with van der Waals surface area (Å²) in [6.45, 7) is 7.42. The van der Waals surface area contributed by atoms with Gasteiger partial charge in [0.2, 0.25) is 5.91 Å². The average molecular weight is 262 g/mol. The summed E-state index contributed by atoms with van der Waals surface area (Å²) in [6, 6.07) is 6.48. The molecule has 0 aliphatic rings. The second kappa shape index (κ2) is 7.29. The van der Waals surface area contributed by atoms with Gasteiger partial charge in [0.25, 0.3) is 0 Å². The first-order valence-corrected chi connectivity index (χ1v) is 7.00. The summed E-state index contributed by atoms with van der Waals surface area (Å²) in [7, 11) is 1.86. The molecule has 0 heterocycles. The summed E-state index contributed by atoms with van der Waals surface area (Å²) < 4.78 is 0. The molecule has 1 rings (SSSR count). The number of nitrogens with two attached hydrogens (primary N) is 1. The number of carbonyl (C=O) groups is 1. The summed E-state index contributed by atoms with van der Waals surface area (Å²) in [4.78, 5) is 13.9. The Morgan fingerprint density at radius 3 is 2.53 bits per heavy atom. The number of aryl methyl sites for hydroxylation is 2. The predicted octanol–water partition coefficient (Wildman–Crippen LogP) is 2.29. The molecule has 1 aromatic rings. The maximum Gasteiger partial charge on any atom is 0.226 e. The second-order valence-electron chi connectivity index (χ2n) is 5.27. The Kier molecular flexibility index (Phi) is 6.03. The van der Waals surface area contributed by atoms with Crippen LogP contribution >= 0.6 is 0 Å². The fourth-order valence-electron chi connectivity index (χ4n) is 2.12. The molecule has 1 atom stereocenters. The number of nitrogens with zero attached hydrogens (tertiary/aromatic N) is 1. The molecule has 1 amide bonds. The molecule has 0 aliphatic carbocycles. The Balaban J connectivity index is 2.56. The van der Waals surface area contributed by atoms with Crippen LogP contribution in [-0.2, 0) is 11.2 Å². The van der Waals surface area contributed by atoms with Gasteiger partial charge in [0, 0.05) is 20.1 Å². The van der Waals surface area contributed by atoms with E-state index >= 15 is 0 Å². The zero-order valence-corrected chi connectivity index (χ0v) is 12.6. The lowest BCUT2D eigenvalue weighted by Gasteiger charge is -2.22. The van der Waals surface area contributed by atoms with Crippen molar-refractivity contribution in [1.82, 2.24) is 4.90 Å². The fourth-order valence-corrected chi connectivity index (χ4v) is 2.12. The van der Waals surface area contributed by atoms with Gasteiger partial charge in [-0.3, -0.25) is 4.79 Å². The molecule has 1 unspecified atom stereocenters. The number of benzene rings is 1. The first-order chi connectivity index (χ1) is 8.99. The molecule has 1 aromatic carbocycles. The normalized spacial score (nSPS) is 12.3. The van der Waals surface area contributed by atoms with Crippen molar-refractivity contribution >= 4 is 5.91 Å². The Morgan fingerprint density at radius 2 is 2.00 bits per heavy atom. The molecule has 0 bridgehead atoms.